The first-order valence-electron chi connectivity index (χ1n) is 6.55. The number of hydrogen-bond acceptors (Lipinski definition) is 4. The van der Waals surface area contributed by atoms with Gasteiger partial charge in [-0.25, -0.2) is 4.98 Å². The van der Waals surface area contributed by atoms with Gasteiger partial charge in [0.2, 0.25) is 0 Å². The van der Waals surface area contributed by atoms with E-state index in [1.807, 2.05) is 18.3 Å². The number of carbonyl (C=O) groups is 1. The van der Waals surface area contributed by atoms with Crippen molar-refractivity contribution in [2.24, 2.45) is 0 Å². The van der Waals surface area contributed by atoms with Gasteiger partial charge in [-0.05, 0) is 17.7 Å². The zero-order valence-corrected chi connectivity index (χ0v) is 10.8. The van der Waals surface area contributed by atoms with E-state index in [1.54, 1.807) is 6.20 Å². The molecule has 1 fully saturated rings. The van der Waals surface area contributed by atoms with E-state index < -0.39 is 0 Å². The highest BCUT2D eigenvalue weighted by atomic mass is 16.5. The van der Waals surface area contributed by atoms with Crippen LogP contribution in [0.2, 0.25) is 0 Å². The normalized spacial score (nSPS) is 16.8. The van der Waals surface area contributed by atoms with Crippen LogP contribution in [-0.4, -0.2) is 53.5 Å². The third-order valence-electron chi connectivity index (χ3n) is 3.36. The predicted octanol–water partition coefficient (Wildman–Crippen LogP) is 1.01. The molecule has 1 aliphatic rings. The van der Waals surface area contributed by atoms with Gasteiger partial charge < -0.3 is 9.72 Å². The summed E-state index contributed by atoms with van der Waals surface area (Å²) in [6.45, 7) is 3.66. The standard InChI is InChI=1S/C14H17N3O2/c18-13(10-17-3-5-19-6-4-17)8-11-7-12-1-2-15-14(12)16-9-11/h1-2,7,9H,3-6,8,10H2,(H,15,16). The van der Waals surface area contributed by atoms with Crippen LogP contribution in [0.5, 0.6) is 0 Å². The van der Waals surface area contributed by atoms with E-state index in [4.69, 9.17) is 4.74 Å². The van der Waals surface area contributed by atoms with Crippen molar-refractivity contribution < 1.29 is 9.53 Å². The van der Waals surface area contributed by atoms with Gasteiger partial charge in [0.15, 0.2) is 5.78 Å². The first-order valence-corrected chi connectivity index (χ1v) is 6.55. The van der Waals surface area contributed by atoms with E-state index in [0.29, 0.717) is 13.0 Å². The lowest BCUT2D eigenvalue weighted by molar-refractivity contribution is -0.120. The molecular formula is C14H17N3O2. The van der Waals surface area contributed by atoms with Crippen molar-refractivity contribution >= 4 is 16.8 Å². The molecule has 3 heterocycles. The highest BCUT2D eigenvalue weighted by molar-refractivity contribution is 5.84. The van der Waals surface area contributed by atoms with Crippen molar-refractivity contribution in [1.82, 2.24) is 14.9 Å². The lowest BCUT2D eigenvalue weighted by Gasteiger charge is -2.25. The summed E-state index contributed by atoms with van der Waals surface area (Å²) in [6.07, 6.45) is 4.08. The molecule has 0 radical (unpaired) electrons. The van der Waals surface area contributed by atoms with Gasteiger partial charge in [-0.2, -0.15) is 0 Å². The van der Waals surface area contributed by atoms with Crippen LogP contribution in [0.3, 0.4) is 0 Å². The molecule has 1 N–H and O–H groups in total. The minimum Gasteiger partial charge on any atom is -0.379 e. The van der Waals surface area contributed by atoms with Crippen LogP contribution < -0.4 is 0 Å². The summed E-state index contributed by atoms with van der Waals surface area (Å²) in [7, 11) is 0. The summed E-state index contributed by atoms with van der Waals surface area (Å²) in [4.78, 5) is 21.5. The molecule has 1 aliphatic heterocycles. The van der Waals surface area contributed by atoms with Crippen molar-refractivity contribution in [3.63, 3.8) is 0 Å². The summed E-state index contributed by atoms with van der Waals surface area (Å²) < 4.78 is 5.27. The molecule has 0 aliphatic carbocycles. The largest absolute Gasteiger partial charge is 0.379 e. The number of ketones is 1. The van der Waals surface area contributed by atoms with Crippen molar-refractivity contribution in [3.05, 3.63) is 30.1 Å². The number of nitrogens with one attached hydrogen (secondary N) is 1. The fraction of sp³-hybridized carbons (Fsp3) is 0.429. The van der Waals surface area contributed by atoms with Gasteiger partial charge in [0.25, 0.3) is 0 Å². The fourth-order valence-corrected chi connectivity index (χ4v) is 2.37. The third-order valence-corrected chi connectivity index (χ3v) is 3.36. The Morgan fingerprint density at radius 3 is 3.11 bits per heavy atom. The van der Waals surface area contributed by atoms with Crippen LogP contribution >= 0.6 is 0 Å². The van der Waals surface area contributed by atoms with Crippen LogP contribution in [0.1, 0.15) is 5.56 Å². The number of carbonyl (C=O) groups excluding carboxylic acids is 1. The molecule has 100 valence electrons. The Bertz CT molecular complexity index is 573. The van der Waals surface area contributed by atoms with E-state index in [2.05, 4.69) is 14.9 Å². The molecule has 2 aromatic rings. The Morgan fingerprint density at radius 2 is 2.26 bits per heavy atom. The van der Waals surface area contributed by atoms with Gasteiger partial charge in [-0.1, -0.05) is 0 Å². The van der Waals surface area contributed by atoms with Gasteiger partial charge >= 0.3 is 0 Å². The SMILES string of the molecule is O=C(Cc1cnc2[nH]ccc2c1)CN1CCOCC1. The number of morpholine rings is 1. The van der Waals surface area contributed by atoms with Crippen LogP contribution in [0.25, 0.3) is 11.0 Å². The molecule has 2 aromatic heterocycles. The van der Waals surface area contributed by atoms with E-state index >= 15 is 0 Å². The van der Waals surface area contributed by atoms with Crippen molar-refractivity contribution in [2.45, 2.75) is 6.42 Å². The number of Topliss-reactive ketones (excluding diaryl/α,β-unsaturated/α-hetero) is 1. The number of fused-ring (bicyclic) bond motifs is 1. The monoisotopic (exact) mass is 259 g/mol. The number of H-pyrrole nitrogens is 1. The molecule has 1 saturated heterocycles. The zero-order chi connectivity index (χ0) is 13.1. The van der Waals surface area contributed by atoms with Crippen molar-refractivity contribution in [1.29, 1.82) is 0 Å². The van der Waals surface area contributed by atoms with Crippen molar-refractivity contribution in [2.75, 3.05) is 32.8 Å². The average molecular weight is 259 g/mol. The molecule has 0 amide bonds. The maximum absolute atomic E-state index is 12.0. The molecule has 0 atom stereocenters. The summed E-state index contributed by atoms with van der Waals surface area (Å²) in [5.41, 5.74) is 1.84. The minimum atomic E-state index is 0.235. The topological polar surface area (TPSA) is 58.2 Å². The molecule has 19 heavy (non-hydrogen) atoms. The summed E-state index contributed by atoms with van der Waals surface area (Å²) in [5.74, 6) is 0.235. The molecule has 5 nitrogen and oxygen atoms in total. The lowest BCUT2D eigenvalue weighted by Crippen LogP contribution is -2.39. The number of aromatic amines is 1. The third kappa shape index (κ3) is 3.00. The second-order valence-corrected chi connectivity index (χ2v) is 4.86. The number of pyridine rings is 1. The molecule has 0 bridgehead atoms. The number of hydrogen-bond donors (Lipinski definition) is 1. The van der Waals surface area contributed by atoms with Gasteiger partial charge in [-0.3, -0.25) is 9.69 Å². The molecule has 0 spiro atoms. The second kappa shape index (κ2) is 5.50. The Hall–Kier alpha value is -1.72. The van der Waals surface area contributed by atoms with Crippen LogP contribution in [0.4, 0.5) is 0 Å². The average Bonchev–Trinajstić information content (AvgIpc) is 2.87. The smallest absolute Gasteiger partial charge is 0.151 e. The highest BCUT2D eigenvalue weighted by Gasteiger charge is 2.14. The zero-order valence-electron chi connectivity index (χ0n) is 10.8. The van der Waals surface area contributed by atoms with Crippen LogP contribution in [0, 0.1) is 0 Å². The number of aromatic nitrogens is 2. The van der Waals surface area contributed by atoms with Gasteiger partial charge in [-0.15, -0.1) is 0 Å². The molecule has 0 unspecified atom stereocenters. The predicted molar refractivity (Wildman–Crippen MR) is 72.1 cm³/mol. The summed E-state index contributed by atoms with van der Waals surface area (Å²) in [6, 6.07) is 3.99. The Kier molecular flexibility index (Phi) is 3.57. The number of ether oxygens (including phenoxy) is 1. The number of rotatable bonds is 4. The maximum atomic E-state index is 12.0. The second-order valence-electron chi connectivity index (χ2n) is 4.86. The molecule has 0 aromatic carbocycles. The van der Waals surface area contributed by atoms with Gasteiger partial charge in [0, 0.05) is 37.3 Å². The highest BCUT2D eigenvalue weighted by Crippen LogP contribution is 2.12. The Labute approximate surface area is 111 Å². The quantitative estimate of drug-likeness (QED) is 0.890. The Balaban J connectivity index is 1.61. The van der Waals surface area contributed by atoms with Gasteiger partial charge in [0.1, 0.15) is 5.65 Å². The molecular weight excluding hydrogens is 242 g/mol. The molecule has 5 heteroatoms. The summed E-state index contributed by atoms with van der Waals surface area (Å²) in [5, 5.41) is 1.05. The summed E-state index contributed by atoms with van der Waals surface area (Å²) >= 11 is 0. The first-order chi connectivity index (χ1) is 9.31. The molecule has 0 saturated carbocycles. The van der Waals surface area contributed by atoms with Gasteiger partial charge in [0.05, 0.1) is 19.8 Å². The fourth-order valence-electron chi connectivity index (χ4n) is 2.37. The number of nitrogens with zero attached hydrogens (tertiary/aromatic N) is 2. The first kappa shape index (κ1) is 12.3. The van der Waals surface area contributed by atoms with E-state index in [1.165, 1.54) is 0 Å². The molecule has 3 rings (SSSR count). The minimum absolute atomic E-state index is 0.235. The maximum Gasteiger partial charge on any atom is 0.151 e. The van der Waals surface area contributed by atoms with E-state index in [0.717, 1.165) is 42.9 Å². The van der Waals surface area contributed by atoms with Crippen molar-refractivity contribution in [3.8, 4) is 0 Å². The van der Waals surface area contributed by atoms with Crippen LogP contribution in [0.15, 0.2) is 24.5 Å². The van der Waals surface area contributed by atoms with E-state index in [-0.39, 0.29) is 5.78 Å². The lowest BCUT2D eigenvalue weighted by atomic mass is 10.1. The van der Waals surface area contributed by atoms with Crippen LogP contribution in [-0.2, 0) is 16.0 Å². The Morgan fingerprint density at radius 1 is 1.42 bits per heavy atom. The van der Waals surface area contributed by atoms with E-state index in [9.17, 15) is 4.79 Å².